The van der Waals surface area contributed by atoms with Gasteiger partial charge in [0.1, 0.15) is 9.84 Å². The number of benzene rings is 1. The normalized spacial score (nSPS) is 11.1. The van der Waals surface area contributed by atoms with Crippen molar-refractivity contribution in [1.29, 1.82) is 5.26 Å². The monoisotopic (exact) mass is 252 g/mol. The highest BCUT2D eigenvalue weighted by atomic mass is 32.2. The van der Waals surface area contributed by atoms with Crippen molar-refractivity contribution in [2.45, 2.75) is 13.0 Å². The SMILES string of the molecule is CS(=O)(=O)CCCNCc1ccc(C#N)cc1. The maximum absolute atomic E-state index is 10.9. The lowest BCUT2D eigenvalue weighted by molar-refractivity contribution is 0.594. The minimum Gasteiger partial charge on any atom is -0.313 e. The zero-order valence-corrected chi connectivity index (χ0v) is 10.6. The Morgan fingerprint density at radius 3 is 2.47 bits per heavy atom. The molecule has 5 heteroatoms. The van der Waals surface area contributed by atoms with E-state index in [0.717, 1.165) is 5.56 Å². The molecule has 1 N–H and O–H groups in total. The summed E-state index contributed by atoms with van der Waals surface area (Å²) in [7, 11) is -2.85. The zero-order valence-electron chi connectivity index (χ0n) is 9.81. The van der Waals surface area contributed by atoms with Gasteiger partial charge in [-0.3, -0.25) is 0 Å². The van der Waals surface area contributed by atoms with Crippen LogP contribution in [0.5, 0.6) is 0 Å². The van der Waals surface area contributed by atoms with Crippen molar-refractivity contribution >= 4 is 9.84 Å². The molecular formula is C12H16N2O2S. The molecule has 0 fully saturated rings. The smallest absolute Gasteiger partial charge is 0.147 e. The molecule has 0 amide bonds. The van der Waals surface area contributed by atoms with Crippen LogP contribution in [0, 0.1) is 11.3 Å². The van der Waals surface area contributed by atoms with E-state index >= 15 is 0 Å². The molecule has 17 heavy (non-hydrogen) atoms. The fraction of sp³-hybridized carbons (Fsp3) is 0.417. The van der Waals surface area contributed by atoms with Crippen molar-refractivity contribution in [2.24, 2.45) is 0 Å². The highest BCUT2D eigenvalue weighted by Crippen LogP contribution is 2.02. The Labute approximate surface area is 102 Å². The highest BCUT2D eigenvalue weighted by molar-refractivity contribution is 7.90. The van der Waals surface area contributed by atoms with Crippen LogP contribution in [0.4, 0.5) is 0 Å². The van der Waals surface area contributed by atoms with Gasteiger partial charge in [-0.1, -0.05) is 12.1 Å². The van der Waals surface area contributed by atoms with Crippen LogP contribution in [0.2, 0.25) is 0 Å². The molecule has 0 aliphatic rings. The first kappa shape index (κ1) is 13.7. The van der Waals surface area contributed by atoms with Gasteiger partial charge in [-0.05, 0) is 30.7 Å². The highest BCUT2D eigenvalue weighted by Gasteiger charge is 2.00. The van der Waals surface area contributed by atoms with Crippen LogP contribution >= 0.6 is 0 Å². The lowest BCUT2D eigenvalue weighted by Crippen LogP contribution is -2.17. The summed E-state index contributed by atoms with van der Waals surface area (Å²) < 4.78 is 21.8. The molecule has 0 aromatic heterocycles. The topological polar surface area (TPSA) is 70.0 Å². The van der Waals surface area contributed by atoms with E-state index in [-0.39, 0.29) is 5.75 Å². The number of nitrogens with one attached hydrogen (secondary N) is 1. The molecule has 1 aromatic rings. The van der Waals surface area contributed by atoms with Gasteiger partial charge in [-0.25, -0.2) is 8.42 Å². The quantitative estimate of drug-likeness (QED) is 0.769. The number of rotatable bonds is 6. The second-order valence-corrected chi connectivity index (χ2v) is 6.23. The van der Waals surface area contributed by atoms with E-state index in [9.17, 15) is 8.42 Å². The van der Waals surface area contributed by atoms with Crippen molar-refractivity contribution in [3.05, 3.63) is 35.4 Å². The molecule has 1 aromatic carbocycles. The molecule has 0 aliphatic carbocycles. The molecule has 4 nitrogen and oxygen atoms in total. The van der Waals surface area contributed by atoms with E-state index in [4.69, 9.17) is 5.26 Å². The summed E-state index contributed by atoms with van der Waals surface area (Å²) in [5.41, 5.74) is 1.73. The predicted octanol–water partition coefficient (Wildman–Crippen LogP) is 1.08. The molecular weight excluding hydrogens is 236 g/mol. The standard InChI is InChI=1S/C12H16N2O2S/c1-17(15,16)8-2-7-14-10-12-5-3-11(9-13)4-6-12/h3-6,14H,2,7-8,10H2,1H3. The van der Waals surface area contributed by atoms with Crippen molar-refractivity contribution in [2.75, 3.05) is 18.6 Å². The number of hydrogen-bond donors (Lipinski definition) is 1. The summed E-state index contributed by atoms with van der Waals surface area (Å²) >= 11 is 0. The van der Waals surface area contributed by atoms with Crippen molar-refractivity contribution < 1.29 is 8.42 Å². The molecule has 0 heterocycles. The Balaban J connectivity index is 2.25. The van der Waals surface area contributed by atoms with E-state index in [2.05, 4.69) is 11.4 Å². The lowest BCUT2D eigenvalue weighted by Gasteiger charge is -2.04. The summed E-state index contributed by atoms with van der Waals surface area (Å²) in [5, 5.41) is 11.8. The van der Waals surface area contributed by atoms with Gasteiger partial charge in [-0.15, -0.1) is 0 Å². The number of hydrogen-bond acceptors (Lipinski definition) is 4. The minimum absolute atomic E-state index is 0.216. The van der Waals surface area contributed by atoms with Crippen molar-refractivity contribution in [3.63, 3.8) is 0 Å². The maximum Gasteiger partial charge on any atom is 0.147 e. The number of sulfone groups is 1. The summed E-state index contributed by atoms with van der Waals surface area (Å²) in [6.45, 7) is 1.36. The average Bonchev–Trinajstić information content (AvgIpc) is 2.28. The Bertz CT molecular complexity index is 486. The molecule has 92 valence electrons. The first-order chi connectivity index (χ1) is 8.01. The molecule has 0 spiro atoms. The second kappa shape index (κ2) is 6.38. The maximum atomic E-state index is 10.9. The fourth-order valence-corrected chi connectivity index (χ4v) is 2.06. The lowest BCUT2D eigenvalue weighted by atomic mass is 10.1. The van der Waals surface area contributed by atoms with Gasteiger partial charge in [0.05, 0.1) is 17.4 Å². The summed E-state index contributed by atoms with van der Waals surface area (Å²) in [4.78, 5) is 0. The van der Waals surface area contributed by atoms with Gasteiger partial charge in [0.25, 0.3) is 0 Å². The average molecular weight is 252 g/mol. The largest absolute Gasteiger partial charge is 0.313 e. The van der Waals surface area contributed by atoms with Gasteiger partial charge < -0.3 is 5.32 Å². The third-order valence-corrected chi connectivity index (χ3v) is 3.31. The van der Waals surface area contributed by atoms with Gasteiger partial charge in [0.2, 0.25) is 0 Å². The molecule has 0 atom stereocenters. The number of nitriles is 1. The van der Waals surface area contributed by atoms with Crippen molar-refractivity contribution in [3.8, 4) is 6.07 Å². The Kier molecular flexibility index (Phi) is 5.13. The molecule has 0 unspecified atom stereocenters. The first-order valence-corrected chi connectivity index (χ1v) is 7.45. The Morgan fingerprint density at radius 2 is 1.94 bits per heavy atom. The Morgan fingerprint density at radius 1 is 1.29 bits per heavy atom. The van der Waals surface area contributed by atoms with Crippen molar-refractivity contribution in [1.82, 2.24) is 5.32 Å². The molecule has 0 saturated carbocycles. The molecule has 0 bridgehead atoms. The fourth-order valence-electron chi connectivity index (χ4n) is 1.39. The summed E-state index contributed by atoms with van der Waals surface area (Å²) in [6, 6.07) is 9.38. The Hall–Kier alpha value is -1.38. The van der Waals surface area contributed by atoms with Gasteiger partial charge in [-0.2, -0.15) is 5.26 Å². The third-order valence-electron chi connectivity index (χ3n) is 2.28. The van der Waals surface area contributed by atoms with E-state index in [0.29, 0.717) is 25.1 Å². The molecule has 0 saturated heterocycles. The van der Waals surface area contributed by atoms with Gasteiger partial charge in [0.15, 0.2) is 0 Å². The molecule has 1 rings (SSSR count). The van der Waals surface area contributed by atoms with E-state index in [1.807, 2.05) is 12.1 Å². The minimum atomic E-state index is -2.85. The second-order valence-electron chi connectivity index (χ2n) is 3.97. The van der Waals surface area contributed by atoms with Gasteiger partial charge in [0, 0.05) is 12.8 Å². The van der Waals surface area contributed by atoms with Crippen LogP contribution in [0.1, 0.15) is 17.5 Å². The van der Waals surface area contributed by atoms with Crippen LogP contribution in [0.15, 0.2) is 24.3 Å². The van der Waals surface area contributed by atoms with Crippen LogP contribution in [0.3, 0.4) is 0 Å². The van der Waals surface area contributed by atoms with Gasteiger partial charge >= 0.3 is 0 Å². The molecule has 0 radical (unpaired) electrons. The van der Waals surface area contributed by atoms with Crippen LogP contribution in [0.25, 0.3) is 0 Å². The van der Waals surface area contributed by atoms with Crippen LogP contribution in [-0.2, 0) is 16.4 Å². The first-order valence-electron chi connectivity index (χ1n) is 5.39. The summed E-state index contributed by atoms with van der Waals surface area (Å²) in [5.74, 6) is 0.216. The van der Waals surface area contributed by atoms with Crippen LogP contribution in [-0.4, -0.2) is 27.0 Å². The predicted molar refractivity (Wildman–Crippen MR) is 67.2 cm³/mol. The summed E-state index contributed by atoms with van der Waals surface area (Å²) in [6.07, 6.45) is 1.86. The zero-order chi connectivity index (χ0) is 12.7. The van der Waals surface area contributed by atoms with Crippen LogP contribution < -0.4 is 5.32 Å². The number of nitrogens with zero attached hydrogens (tertiary/aromatic N) is 1. The molecule has 0 aliphatic heterocycles. The van der Waals surface area contributed by atoms with E-state index in [1.54, 1.807) is 12.1 Å². The van der Waals surface area contributed by atoms with E-state index in [1.165, 1.54) is 6.26 Å². The van der Waals surface area contributed by atoms with E-state index < -0.39 is 9.84 Å². The third kappa shape index (κ3) is 6.05.